The smallest absolute Gasteiger partial charge is 0.411 e. The summed E-state index contributed by atoms with van der Waals surface area (Å²) in [6.45, 7) is 3.30. The number of benzene rings is 3. The molecule has 0 spiro atoms. The summed E-state index contributed by atoms with van der Waals surface area (Å²) in [4.78, 5) is 40.8. The predicted molar refractivity (Wildman–Crippen MR) is 147 cm³/mol. The molecule has 0 aliphatic carbocycles. The summed E-state index contributed by atoms with van der Waals surface area (Å²) in [6, 6.07) is 23.6. The molecule has 0 aromatic heterocycles. The first kappa shape index (κ1) is 26.4. The highest BCUT2D eigenvalue weighted by Crippen LogP contribution is 2.35. The molecule has 39 heavy (non-hydrogen) atoms. The summed E-state index contributed by atoms with van der Waals surface area (Å²) >= 11 is 0. The molecule has 8 heteroatoms. The van der Waals surface area contributed by atoms with E-state index >= 15 is 0 Å². The number of hydrogen-bond acceptors (Lipinski definition) is 5. The number of hydrogen-bond donors (Lipinski definition) is 2. The van der Waals surface area contributed by atoms with E-state index in [0.29, 0.717) is 24.4 Å². The summed E-state index contributed by atoms with van der Waals surface area (Å²) in [5, 5.41) is 5.90. The van der Waals surface area contributed by atoms with Gasteiger partial charge in [0, 0.05) is 18.8 Å². The van der Waals surface area contributed by atoms with Crippen molar-refractivity contribution in [3.63, 3.8) is 0 Å². The molecule has 2 aliphatic heterocycles. The zero-order valence-electron chi connectivity index (χ0n) is 22.0. The number of nitrogens with one attached hydrogen (secondary N) is 2. The van der Waals surface area contributed by atoms with Gasteiger partial charge in [-0.15, -0.1) is 0 Å². The quantitative estimate of drug-likeness (QED) is 0.426. The fourth-order valence-electron chi connectivity index (χ4n) is 5.00. The van der Waals surface area contributed by atoms with Crippen LogP contribution >= 0.6 is 0 Å². The normalized spacial score (nSPS) is 20.5. The first-order valence-electron chi connectivity index (χ1n) is 13.3. The summed E-state index contributed by atoms with van der Waals surface area (Å²) in [5.41, 5.74) is 4.12. The molecule has 2 fully saturated rings. The number of carbonyl (C=O) groups excluding carboxylic acids is 3. The van der Waals surface area contributed by atoms with E-state index in [2.05, 4.69) is 10.6 Å². The van der Waals surface area contributed by atoms with Gasteiger partial charge in [0.15, 0.2) is 12.1 Å². The van der Waals surface area contributed by atoms with Crippen molar-refractivity contribution in [2.24, 2.45) is 0 Å². The van der Waals surface area contributed by atoms with Crippen molar-refractivity contribution in [1.82, 2.24) is 10.2 Å². The van der Waals surface area contributed by atoms with Gasteiger partial charge in [-0.1, -0.05) is 72.3 Å². The molecule has 3 aromatic rings. The van der Waals surface area contributed by atoms with Gasteiger partial charge in [0.2, 0.25) is 11.8 Å². The van der Waals surface area contributed by atoms with Crippen LogP contribution in [0.1, 0.15) is 41.2 Å². The van der Waals surface area contributed by atoms with Crippen LogP contribution in [0.15, 0.2) is 78.9 Å². The SMILES string of the molecule is Cc1ccc(CN2C(=O)O[C@H](c3cccc(NC(=O)Cc4ccccc4)c3)[C@@H]2C(=O)NC[C@H]2CCCO2)cc1. The van der Waals surface area contributed by atoms with Gasteiger partial charge >= 0.3 is 6.09 Å². The zero-order valence-corrected chi connectivity index (χ0v) is 22.0. The van der Waals surface area contributed by atoms with Crippen molar-refractivity contribution in [2.75, 3.05) is 18.5 Å². The van der Waals surface area contributed by atoms with Crippen LogP contribution in [-0.2, 0) is 32.0 Å². The Balaban J connectivity index is 1.35. The first-order valence-corrected chi connectivity index (χ1v) is 13.3. The van der Waals surface area contributed by atoms with Crippen LogP contribution in [0.5, 0.6) is 0 Å². The summed E-state index contributed by atoms with van der Waals surface area (Å²) < 4.78 is 11.5. The van der Waals surface area contributed by atoms with Gasteiger partial charge in [0.25, 0.3) is 0 Å². The number of carbonyl (C=O) groups is 3. The lowest BCUT2D eigenvalue weighted by molar-refractivity contribution is -0.127. The van der Waals surface area contributed by atoms with Crippen molar-refractivity contribution in [2.45, 2.75) is 51.0 Å². The molecule has 2 heterocycles. The maximum Gasteiger partial charge on any atom is 0.411 e. The van der Waals surface area contributed by atoms with Crippen LogP contribution in [0.2, 0.25) is 0 Å². The summed E-state index contributed by atoms with van der Waals surface area (Å²) in [5.74, 6) is -0.458. The second kappa shape index (κ2) is 12.1. The Bertz CT molecular complexity index is 1310. The molecule has 2 saturated heterocycles. The summed E-state index contributed by atoms with van der Waals surface area (Å²) in [6.07, 6.45) is 0.675. The number of ether oxygens (including phenoxy) is 2. The maximum absolute atomic E-state index is 13.5. The third kappa shape index (κ3) is 6.64. The van der Waals surface area contributed by atoms with Crippen LogP contribution in [-0.4, -0.2) is 48.1 Å². The molecule has 2 aliphatic rings. The van der Waals surface area contributed by atoms with Gasteiger partial charge in [0.05, 0.1) is 19.1 Å². The number of aryl methyl sites for hydroxylation is 1. The van der Waals surface area contributed by atoms with E-state index in [4.69, 9.17) is 9.47 Å². The monoisotopic (exact) mass is 527 g/mol. The van der Waals surface area contributed by atoms with E-state index in [0.717, 1.165) is 29.5 Å². The molecule has 5 rings (SSSR count). The van der Waals surface area contributed by atoms with Crippen LogP contribution < -0.4 is 10.6 Å². The third-order valence-electron chi connectivity index (χ3n) is 7.06. The molecule has 3 aromatic carbocycles. The highest BCUT2D eigenvalue weighted by molar-refractivity contribution is 5.92. The molecule has 2 N–H and O–H groups in total. The molecule has 3 amide bonds. The standard InChI is InChI=1S/C31H33N3O5/c1-21-12-14-23(15-13-21)20-34-28(30(36)32-19-26-11-6-16-38-26)29(39-31(34)37)24-9-5-10-25(18-24)33-27(35)17-22-7-3-2-4-8-22/h2-5,7-10,12-15,18,26,28-29H,6,11,16-17,19-20H2,1H3,(H,32,36)(H,33,35)/t26-,28-,29-/m1/s1. The number of rotatable bonds is 9. The minimum absolute atomic E-state index is 0.0286. The van der Waals surface area contributed by atoms with Crippen LogP contribution in [0, 0.1) is 6.92 Å². The van der Waals surface area contributed by atoms with Crippen molar-refractivity contribution in [3.8, 4) is 0 Å². The highest BCUT2D eigenvalue weighted by Gasteiger charge is 2.47. The molecule has 3 atom stereocenters. The van der Waals surface area contributed by atoms with Gasteiger partial charge in [0.1, 0.15) is 0 Å². The zero-order chi connectivity index (χ0) is 27.2. The minimum atomic E-state index is -0.879. The molecule has 0 saturated carbocycles. The number of amides is 3. The number of anilines is 1. The second-order valence-corrected chi connectivity index (χ2v) is 10.1. The predicted octanol–water partition coefficient (Wildman–Crippen LogP) is 4.53. The van der Waals surface area contributed by atoms with Crippen LogP contribution in [0.3, 0.4) is 0 Å². The molecule has 0 bridgehead atoms. The lowest BCUT2D eigenvalue weighted by Gasteiger charge is -2.25. The Morgan fingerprint density at radius 2 is 1.77 bits per heavy atom. The fraction of sp³-hybridized carbons (Fsp3) is 0.323. The Morgan fingerprint density at radius 1 is 0.974 bits per heavy atom. The van der Waals surface area contributed by atoms with Crippen LogP contribution in [0.25, 0.3) is 0 Å². The minimum Gasteiger partial charge on any atom is -0.438 e. The van der Waals surface area contributed by atoms with Crippen LogP contribution in [0.4, 0.5) is 10.5 Å². The van der Waals surface area contributed by atoms with E-state index in [1.807, 2.05) is 61.5 Å². The van der Waals surface area contributed by atoms with E-state index < -0.39 is 18.2 Å². The molecular formula is C31H33N3O5. The van der Waals surface area contributed by atoms with E-state index in [1.165, 1.54) is 4.90 Å². The van der Waals surface area contributed by atoms with Gasteiger partial charge in [-0.05, 0) is 48.6 Å². The lowest BCUT2D eigenvalue weighted by Crippen LogP contribution is -2.47. The molecule has 0 unspecified atom stereocenters. The van der Waals surface area contributed by atoms with Crippen molar-refractivity contribution in [3.05, 3.63) is 101 Å². The largest absolute Gasteiger partial charge is 0.438 e. The van der Waals surface area contributed by atoms with Crippen molar-refractivity contribution >= 4 is 23.6 Å². The van der Waals surface area contributed by atoms with E-state index in [1.54, 1.807) is 24.3 Å². The fourth-order valence-corrected chi connectivity index (χ4v) is 5.00. The molecule has 8 nitrogen and oxygen atoms in total. The first-order chi connectivity index (χ1) is 19.0. The number of cyclic esters (lactones) is 1. The molecule has 202 valence electrons. The van der Waals surface area contributed by atoms with Crippen molar-refractivity contribution < 1.29 is 23.9 Å². The third-order valence-corrected chi connectivity index (χ3v) is 7.06. The van der Waals surface area contributed by atoms with Gasteiger partial charge < -0.3 is 20.1 Å². The Morgan fingerprint density at radius 3 is 2.51 bits per heavy atom. The molecule has 0 radical (unpaired) electrons. The Labute approximate surface area is 228 Å². The second-order valence-electron chi connectivity index (χ2n) is 10.1. The maximum atomic E-state index is 13.5. The lowest BCUT2D eigenvalue weighted by atomic mass is 9.99. The van der Waals surface area contributed by atoms with Gasteiger partial charge in [-0.25, -0.2) is 4.79 Å². The molecular weight excluding hydrogens is 494 g/mol. The summed E-state index contributed by atoms with van der Waals surface area (Å²) in [7, 11) is 0. The van der Waals surface area contributed by atoms with E-state index in [-0.39, 0.29) is 30.9 Å². The number of nitrogens with zero attached hydrogens (tertiary/aromatic N) is 1. The Hall–Kier alpha value is -4.17. The van der Waals surface area contributed by atoms with Crippen molar-refractivity contribution in [1.29, 1.82) is 0 Å². The Kier molecular flexibility index (Phi) is 8.22. The van der Waals surface area contributed by atoms with Gasteiger partial charge in [-0.2, -0.15) is 0 Å². The van der Waals surface area contributed by atoms with Gasteiger partial charge in [-0.3, -0.25) is 14.5 Å². The van der Waals surface area contributed by atoms with E-state index in [9.17, 15) is 14.4 Å². The average Bonchev–Trinajstić information content (AvgIpc) is 3.57. The topological polar surface area (TPSA) is 97.0 Å². The average molecular weight is 528 g/mol. The highest BCUT2D eigenvalue weighted by atomic mass is 16.6.